The molecule has 0 fully saturated rings. The summed E-state index contributed by atoms with van der Waals surface area (Å²) >= 11 is 0. The molecule has 102 valence electrons. The van der Waals surface area contributed by atoms with E-state index >= 15 is 0 Å². The molecule has 4 nitrogen and oxygen atoms in total. The van der Waals surface area contributed by atoms with Crippen LogP contribution in [0.2, 0.25) is 0 Å². The minimum absolute atomic E-state index is 0.0982. The van der Waals surface area contributed by atoms with Crippen LogP contribution in [0.5, 0.6) is 0 Å². The van der Waals surface area contributed by atoms with E-state index in [0.717, 1.165) is 17.7 Å². The van der Waals surface area contributed by atoms with Crippen LogP contribution in [0.4, 0.5) is 5.69 Å². The normalized spacial score (nSPS) is 22.1. The molecular formula is C15H19NO3. The van der Waals surface area contributed by atoms with Crippen LogP contribution in [0.15, 0.2) is 24.3 Å². The quantitative estimate of drug-likeness (QED) is 0.619. The molecule has 0 saturated carbocycles. The summed E-state index contributed by atoms with van der Waals surface area (Å²) in [5, 5.41) is 0. The third-order valence-electron chi connectivity index (χ3n) is 3.68. The van der Waals surface area contributed by atoms with Gasteiger partial charge in [-0.15, -0.1) is 0 Å². The average Bonchev–Trinajstić information content (AvgIpc) is 2.42. The summed E-state index contributed by atoms with van der Waals surface area (Å²) in [5.41, 5.74) is 1.94. The molecular weight excluding hydrogens is 242 g/mol. The summed E-state index contributed by atoms with van der Waals surface area (Å²) in [6, 6.07) is 7.74. The zero-order valence-corrected chi connectivity index (χ0v) is 11.6. The molecule has 1 aliphatic rings. The SMILES string of the molecule is CCOC(=O)C1C(=O)N(C)c2ccccc2C1CC. The second kappa shape index (κ2) is 5.43. The van der Waals surface area contributed by atoms with Gasteiger partial charge in [0, 0.05) is 18.7 Å². The summed E-state index contributed by atoms with van der Waals surface area (Å²) in [4.78, 5) is 26.0. The molecule has 0 radical (unpaired) electrons. The number of carbonyl (C=O) groups is 2. The first-order valence-corrected chi connectivity index (χ1v) is 6.64. The van der Waals surface area contributed by atoms with Crippen LogP contribution in [0.1, 0.15) is 31.7 Å². The van der Waals surface area contributed by atoms with E-state index in [-0.39, 0.29) is 11.8 Å². The summed E-state index contributed by atoms with van der Waals surface area (Å²) in [6.07, 6.45) is 0.736. The Morgan fingerprint density at radius 2 is 2.00 bits per heavy atom. The first kappa shape index (κ1) is 13.6. The fraction of sp³-hybridized carbons (Fsp3) is 0.467. The smallest absolute Gasteiger partial charge is 0.319 e. The maximum atomic E-state index is 12.4. The number of hydrogen-bond acceptors (Lipinski definition) is 3. The molecule has 0 bridgehead atoms. The summed E-state index contributed by atoms with van der Waals surface area (Å²) in [7, 11) is 1.71. The van der Waals surface area contributed by atoms with Gasteiger partial charge in [0.1, 0.15) is 5.92 Å². The summed E-state index contributed by atoms with van der Waals surface area (Å²) in [6.45, 7) is 4.04. The van der Waals surface area contributed by atoms with Gasteiger partial charge in [0.25, 0.3) is 0 Å². The van der Waals surface area contributed by atoms with Gasteiger partial charge in [0.15, 0.2) is 0 Å². The first-order valence-electron chi connectivity index (χ1n) is 6.64. The Morgan fingerprint density at radius 1 is 1.32 bits per heavy atom. The van der Waals surface area contributed by atoms with Crippen molar-refractivity contribution in [1.29, 1.82) is 0 Å². The van der Waals surface area contributed by atoms with Gasteiger partial charge < -0.3 is 9.64 Å². The Morgan fingerprint density at radius 3 is 2.63 bits per heavy atom. The topological polar surface area (TPSA) is 46.6 Å². The van der Waals surface area contributed by atoms with Crippen molar-refractivity contribution in [1.82, 2.24) is 0 Å². The number of rotatable bonds is 3. The molecule has 0 aliphatic carbocycles. The monoisotopic (exact) mass is 261 g/mol. The van der Waals surface area contributed by atoms with E-state index in [1.54, 1.807) is 18.9 Å². The molecule has 1 amide bonds. The minimum atomic E-state index is -0.718. The number of nitrogens with zero attached hydrogens (tertiary/aromatic N) is 1. The van der Waals surface area contributed by atoms with E-state index in [0.29, 0.717) is 6.61 Å². The van der Waals surface area contributed by atoms with E-state index in [1.165, 1.54) is 0 Å². The van der Waals surface area contributed by atoms with Gasteiger partial charge >= 0.3 is 5.97 Å². The highest BCUT2D eigenvalue weighted by atomic mass is 16.5. The van der Waals surface area contributed by atoms with E-state index in [2.05, 4.69) is 0 Å². The molecule has 0 aromatic heterocycles. The molecule has 0 spiro atoms. The van der Waals surface area contributed by atoms with Crippen molar-refractivity contribution in [2.45, 2.75) is 26.2 Å². The number of carbonyl (C=O) groups excluding carboxylic acids is 2. The van der Waals surface area contributed by atoms with Crippen LogP contribution >= 0.6 is 0 Å². The predicted octanol–water partition coefficient (Wildman–Crippen LogP) is 2.34. The second-order valence-corrected chi connectivity index (χ2v) is 4.70. The van der Waals surface area contributed by atoms with Gasteiger partial charge in [-0.2, -0.15) is 0 Å². The molecule has 1 aliphatic heterocycles. The first-order chi connectivity index (χ1) is 9.11. The van der Waals surface area contributed by atoms with Gasteiger partial charge in [-0.3, -0.25) is 9.59 Å². The number of hydrogen-bond donors (Lipinski definition) is 0. The molecule has 1 aromatic rings. The Labute approximate surface area is 113 Å². The minimum Gasteiger partial charge on any atom is -0.465 e. The molecule has 4 heteroatoms. The van der Waals surface area contributed by atoms with Crippen LogP contribution < -0.4 is 4.90 Å². The van der Waals surface area contributed by atoms with Gasteiger partial charge in [-0.05, 0) is 25.0 Å². The number of esters is 1. The van der Waals surface area contributed by atoms with E-state index in [1.807, 2.05) is 31.2 Å². The van der Waals surface area contributed by atoms with Crippen LogP contribution in [0.3, 0.4) is 0 Å². The summed E-state index contributed by atoms with van der Waals surface area (Å²) < 4.78 is 5.06. The number of fused-ring (bicyclic) bond motifs is 1. The lowest BCUT2D eigenvalue weighted by Crippen LogP contribution is -2.45. The third kappa shape index (κ3) is 2.23. The van der Waals surface area contributed by atoms with Gasteiger partial charge in [-0.1, -0.05) is 25.1 Å². The Bertz CT molecular complexity index is 498. The number of para-hydroxylation sites is 1. The van der Waals surface area contributed by atoms with E-state index in [9.17, 15) is 9.59 Å². The van der Waals surface area contributed by atoms with Crippen LogP contribution in [0, 0.1) is 5.92 Å². The molecule has 0 saturated heterocycles. The van der Waals surface area contributed by atoms with Gasteiger partial charge in [0.2, 0.25) is 5.91 Å². The maximum absolute atomic E-state index is 12.4. The lowest BCUT2D eigenvalue weighted by atomic mass is 9.79. The van der Waals surface area contributed by atoms with E-state index < -0.39 is 11.9 Å². The molecule has 1 heterocycles. The zero-order chi connectivity index (χ0) is 14.0. The van der Waals surface area contributed by atoms with Crippen molar-refractivity contribution < 1.29 is 14.3 Å². The van der Waals surface area contributed by atoms with Crippen molar-refractivity contribution >= 4 is 17.6 Å². The van der Waals surface area contributed by atoms with Crippen LogP contribution in [-0.4, -0.2) is 25.5 Å². The molecule has 2 unspecified atom stereocenters. The highest BCUT2D eigenvalue weighted by molar-refractivity contribution is 6.09. The highest BCUT2D eigenvalue weighted by Crippen LogP contribution is 2.40. The average molecular weight is 261 g/mol. The number of ether oxygens (including phenoxy) is 1. The van der Waals surface area contributed by atoms with Crippen molar-refractivity contribution in [2.24, 2.45) is 5.92 Å². The predicted molar refractivity (Wildman–Crippen MR) is 73.0 cm³/mol. The van der Waals surface area contributed by atoms with Crippen LogP contribution in [0.25, 0.3) is 0 Å². The van der Waals surface area contributed by atoms with Crippen LogP contribution in [-0.2, 0) is 14.3 Å². The third-order valence-corrected chi connectivity index (χ3v) is 3.68. The van der Waals surface area contributed by atoms with E-state index in [4.69, 9.17) is 4.74 Å². The Kier molecular flexibility index (Phi) is 3.88. The largest absolute Gasteiger partial charge is 0.465 e. The lowest BCUT2D eigenvalue weighted by molar-refractivity contribution is -0.152. The highest BCUT2D eigenvalue weighted by Gasteiger charge is 2.43. The number of amides is 1. The zero-order valence-electron chi connectivity index (χ0n) is 11.6. The Hall–Kier alpha value is -1.84. The van der Waals surface area contributed by atoms with Crippen molar-refractivity contribution in [3.8, 4) is 0 Å². The molecule has 1 aromatic carbocycles. The number of benzene rings is 1. The molecule has 0 N–H and O–H groups in total. The van der Waals surface area contributed by atoms with Gasteiger partial charge in [-0.25, -0.2) is 0 Å². The van der Waals surface area contributed by atoms with Crippen molar-refractivity contribution in [2.75, 3.05) is 18.6 Å². The fourth-order valence-corrected chi connectivity index (χ4v) is 2.74. The lowest BCUT2D eigenvalue weighted by Gasteiger charge is -2.36. The fourth-order valence-electron chi connectivity index (χ4n) is 2.74. The van der Waals surface area contributed by atoms with Gasteiger partial charge in [0.05, 0.1) is 6.61 Å². The maximum Gasteiger partial charge on any atom is 0.319 e. The van der Waals surface area contributed by atoms with Crippen molar-refractivity contribution in [3.05, 3.63) is 29.8 Å². The number of anilines is 1. The Balaban J connectivity index is 2.47. The summed E-state index contributed by atoms with van der Waals surface area (Å²) in [5.74, 6) is -1.41. The van der Waals surface area contributed by atoms with Crippen molar-refractivity contribution in [3.63, 3.8) is 0 Å². The second-order valence-electron chi connectivity index (χ2n) is 4.70. The standard InChI is InChI=1S/C15H19NO3/c1-4-10-11-8-6-7-9-12(11)16(3)14(17)13(10)15(18)19-5-2/h6-10,13H,4-5H2,1-3H3. The molecule has 2 rings (SSSR count). The molecule has 2 atom stereocenters. The molecule has 19 heavy (non-hydrogen) atoms.